The summed E-state index contributed by atoms with van der Waals surface area (Å²) in [4.78, 5) is 82.3. The van der Waals surface area contributed by atoms with Gasteiger partial charge in [-0.05, 0) is 79.6 Å². The maximum atomic E-state index is 14.0. The molecule has 0 aliphatic carbocycles. The van der Waals surface area contributed by atoms with Crippen molar-refractivity contribution in [2.24, 2.45) is 0 Å². The number of fused-ring (bicyclic) bond motifs is 1. The molecule has 2 fully saturated rings. The highest BCUT2D eigenvalue weighted by molar-refractivity contribution is 5.99. The fraction of sp³-hybridized carbons (Fsp3) is 0.283. The molecule has 0 spiro atoms. The molecular weight excluding hydrogens is 793 g/mol. The van der Waals surface area contributed by atoms with Gasteiger partial charge in [-0.1, -0.05) is 66.7 Å². The van der Waals surface area contributed by atoms with Crippen LogP contribution < -0.4 is 16.0 Å². The number of rotatable bonds is 11. The first kappa shape index (κ1) is 41.3. The quantitative estimate of drug-likeness (QED) is 0.106. The Morgan fingerprint density at radius 1 is 0.758 bits per heavy atom. The number of hydrogen-bond donors (Lipinski definition) is 4. The van der Waals surface area contributed by atoms with Crippen molar-refractivity contribution in [3.05, 3.63) is 126 Å². The number of aryl methyl sites for hydroxylation is 1. The molecule has 16 heteroatoms. The van der Waals surface area contributed by atoms with Gasteiger partial charge in [-0.25, -0.2) is 19.6 Å². The molecule has 4 heterocycles. The first-order valence-corrected chi connectivity index (χ1v) is 20.4. The van der Waals surface area contributed by atoms with E-state index in [1.54, 1.807) is 53.6 Å². The number of nitrogens with one attached hydrogen (secondary N) is 4. The number of likely N-dealkylation sites (tertiary alicyclic amines) is 2. The lowest BCUT2D eigenvalue weighted by Gasteiger charge is -2.29. The van der Waals surface area contributed by atoms with Crippen molar-refractivity contribution in [2.45, 2.75) is 56.8 Å². The van der Waals surface area contributed by atoms with Gasteiger partial charge in [0.25, 0.3) is 11.8 Å². The van der Waals surface area contributed by atoms with Crippen LogP contribution in [0.2, 0.25) is 0 Å². The second kappa shape index (κ2) is 18.0. The molecule has 2 aromatic heterocycles. The molecule has 6 aromatic rings. The summed E-state index contributed by atoms with van der Waals surface area (Å²) in [5.74, 6) is 0.483. The lowest BCUT2D eigenvalue weighted by Crippen LogP contribution is -2.48. The highest BCUT2D eigenvalue weighted by atomic mass is 16.5. The Hall–Kier alpha value is -7.49. The second-order valence-electron chi connectivity index (χ2n) is 15.2. The van der Waals surface area contributed by atoms with Crippen LogP contribution >= 0.6 is 0 Å². The molecule has 2 saturated heterocycles. The van der Waals surface area contributed by atoms with Crippen molar-refractivity contribution in [1.82, 2.24) is 35.4 Å². The highest BCUT2D eigenvalue weighted by Gasteiger charge is 2.39. The van der Waals surface area contributed by atoms with Crippen LogP contribution in [0.25, 0.3) is 33.8 Å². The third kappa shape index (κ3) is 8.57. The van der Waals surface area contributed by atoms with E-state index in [4.69, 9.17) is 18.9 Å². The zero-order chi connectivity index (χ0) is 43.3. The van der Waals surface area contributed by atoms with Gasteiger partial charge in [0.15, 0.2) is 5.76 Å². The first-order valence-electron chi connectivity index (χ1n) is 20.4. The van der Waals surface area contributed by atoms with Gasteiger partial charge in [-0.2, -0.15) is 0 Å². The lowest BCUT2D eigenvalue weighted by molar-refractivity contribution is -0.138. The number of hydrogen-bond acceptors (Lipinski definition) is 10. The Morgan fingerprint density at radius 3 is 2.03 bits per heavy atom. The van der Waals surface area contributed by atoms with Crippen LogP contribution in [0.1, 0.15) is 66.3 Å². The number of alkyl carbamates (subject to hydrolysis) is 2. The van der Waals surface area contributed by atoms with Gasteiger partial charge in [-0.15, -0.1) is 0 Å². The molecule has 8 rings (SSSR count). The monoisotopic (exact) mass is 838 g/mol. The van der Waals surface area contributed by atoms with Crippen molar-refractivity contribution < 1.29 is 37.9 Å². The number of carbonyl (C=O) groups is 5. The molecular formula is C46H46N8O8. The van der Waals surface area contributed by atoms with Gasteiger partial charge in [0.05, 0.1) is 37.5 Å². The minimum atomic E-state index is -1.03. The minimum absolute atomic E-state index is 0.254. The molecule has 0 saturated carbocycles. The number of nitrogens with zero attached hydrogens (tertiary/aromatic N) is 4. The SMILES string of the molecule is COC(=O)N[C@@H](C(=O)N1CCC[C@H]1C(=O)Nc1cc(-c2ncc(-c3ccc4nc([C@@H]5CCCN5C(=O)[C@H](NC(=O)OC)c5ccccc5)[nH]c4c3)o2)ccc1C)c1ccccc1. The van der Waals surface area contributed by atoms with E-state index in [9.17, 15) is 24.0 Å². The fourth-order valence-corrected chi connectivity index (χ4v) is 8.16. The standard InChI is InChI=1S/C46H46N8O8/c1-27-18-19-31(25-33(27)50-41(55)36-17-11-23-54(36)44(57)39(52-46(59)61-3)29-14-8-5-9-15-29)42-47-26-37(62-42)30-20-21-32-34(24-30)49-40(48-32)35-16-10-22-53(35)43(56)38(51-45(58)60-2)28-12-6-4-7-13-28/h4-9,12-15,18-21,24-26,35-36,38-39H,10-11,16-17,22-23H2,1-3H3,(H,48,49)(H,50,55)(H,51,58)(H,52,59)/t35-,36-,38+,39+/m0/s1. The maximum Gasteiger partial charge on any atom is 0.407 e. The summed E-state index contributed by atoms with van der Waals surface area (Å²) in [6.45, 7) is 2.74. The number of aromatic nitrogens is 3. The Morgan fingerprint density at radius 2 is 1.37 bits per heavy atom. The van der Waals surface area contributed by atoms with E-state index in [2.05, 4.69) is 25.9 Å². The van der Waals surface area contributed by atoms with Crippen LogP contribution in [0.4, 0.5) is 15.3 Å². The Balaban J connectivity index is 0.973. The fourth-order valence-electron chi connectivity index (χ4n) is 8.16. The molecule has 0 unspecified atom stereocenters. The smallest absolute Gasteiger partial charge is 0.407 e. The van der Waals surface area contributed by atoms with E-state index in [0.717, 1.165) is 23.1 Å². The van der Waals surface area contributed by atoms with Crippen LogP contribution in [0.3, 0.4) is 0 Å². The molecule has 4 N–H and O–H groups in total. The molecule has 5 amide bonds. The van der Waals surface area contributed by atoms with Gasteiger partial charge in [-0.3, -0.25) is 14.4 Å². The van der Waals surface area contributed by atoms with E-state index in [-0.39, 0.29) is 17.9 Å². The van der Waals surface area contributed by atoms with Gasteiger partial charge >= 0.3 is 12.2 Å². The normalized spacial score (nSPS) is 17.0. The van der Waals surface area contributed by atoms with E-state index in [1.807, 2.05) is 61.5 Å². The number of aromatic amines is 1. The third-order valence-corrected chi connectivity index (χ3v) is 11.4. The zero-order valence-corrected chi connectivity index (χ0v) is 34.4. The van der Waals surface area contributed by atoms with Crippen molar-refractivity contribution in [2.75, 3.05) is 32.6 Å². The summed E-state index contributed by atoms with van der Waals surface area (Å²) >= 11 is 0. The largest absolute Gasteiger partial charge is 0.453 e. The lowest BCUT2D eigenvalue weighted by atomic mass is 10.0. The number of ether oxygens (including phenoxy) is 2. The average Bonchev–Trinajstić information content (AvgIpc) is 4.15. The predicted octanol–water partition coefficient (Wildman–Crippen LogP) is 6.98. The molecule has 318 valence electrons. The van der Waals surface area contributed by atoms with Crippen LogP contribution in [0.15, 0.2) is 108 Å². The van der Waals surface area contributed by atoms with Crippen molar-refractivity contribution in [1.29, 1.82) is 0 Å². The second-order valence-corrected chi connectivity index (χ2v) is 15.2. The number of imidazole rings is 1. The Bertz CT molecular complexity index is 2610. The molecule has 2 aliphatic heterocycles. The number of methoxy groups -OCH3 is 2. The van der Waals surface area contributed by atoms with Crippen LogP contribution in [0, 0.1) is 6.92 Å². The van der Waals surface area contributed by atoms with Crippen LogP contribution in [-0.2, 0) is 23.9 Å². The number of carbonyl (C=O) groups excluding carboxylic acids is 5. The minimum Gasteiger partial charge on any atom is -0.453 e. The summed E-state index contributed by atoms with van der Waals surface area (Å²) in [6, 6.07) is 26.1. The van der Waals surface area contributed by atoms with Gasteiger partial charge in [0.2, 0.25) is 11.8 Å². The van der Waals surface area contributed by atoms with E-state index in [0.29, 0.717) is 77.7 Å². The number of anilines is 1. The highest BCUT2D eigenvalue weighted by Crippen LogP contribution is 2.36. The van der Waals surface area contributed by atoms with Gasteiger partial charge in [0.1, 0.15) is 23.9 Å². The number of amides is 5. The summed E-state index contributed by atoms with van der Waals surface area (Å²) < 4.78 is 15.9. The Kier molecular flexibility index (Phi) is 12.0. The topological polar surface area (TPSA) is 201 Å². The predicted molar refractivity (Wildman–Crippen MR) is 228 cm³/mol. The Labute approximate surface area is 357 Å². The van der Waals surface area contributed by atoms with Crippen LogP contribution in [-0.4, -0.2) is 88.0 Å². The molecule has 0 bridgehead atoms. The molecule has 0 radical (unpaired) electrons. The van der Waals surface area contributed by atoms with Gasteiger partial charge < -0.3 is 44.6 Å². The zero-order valence-electron chi connectivity index (χ0n) is 34.4. The molecule has 4 aromatic carbocycles. The molecule has 62 heavy (non-hydrogen) atoms. The van der Waals surface area contributed by atoms with E-state index in [1.165, 1.54) is 19.1 Å². The van der Waals surface area contributed by atoms with Crippen molar-refractivity contribution in [3.63, 3.8) is 0 Å². The average molecular weight is 839 g/mol. The number of oxazole rings is 1. The summed E-state index contributed by atoms with van der Waals surface area (Å²) in [5, 5.41) is 8.35. The maximum absolute atomic E-state index is 14.0. The van der Waals surface area contributed by atoms with E-state index >= 15 is 0 Å². The molecule has 2 aliphatic rings. The summed E-state index contributed by atoms with van der Waals surface area (Å²) in [6.07, 6.45) is 2.73. The molecule has 4 atom stereocenters. The summed E-state index contributed by atoms with van der Waals surface area (Å²) in [7, 11) is 2.49. The van der Waals surface area contributed by atoms with Gasteiger partial charge in [0, 0.05) is 29.9 Å². The third-order valence-electron chi connectivity index (χ3n) is 11.4. The summed E-state index contributed by atoms with van der Waals surface area (Å²) in [5.41, 5.74) is 5.41. The first-order chi connectivity index (χ1) is 30.1. The number of benzene rings is 4. The number of H-pyrrole nitrogens is 1. The van der Waals surface area contributed by atoms with E-state index < -0.39 is 36.2 Å². The van der Waals surface area contributed by atoms with Crippen LogP contribution in [0.5, 0.6) is 0 Å². The molecule has 16 nitrogen and oxygen atoms in total. The van der Waals surface area contributed by atoms with Crippen molar-refractivity contribution >= 4 is 46.6 Å². The van der Waals surface area contributed by atoms with Crippen molar-refractivity contribution in [3.8, 4) is 22.8 Å².